The van der Waals surface area contributed by atoms with Gasteiger partial charge in [0, 0.05) is 43.4 Å². The van der Waals surface area contributed by atoms with E-state index in [1.807, 2.05) is 61.5 Å². The number of piperazine rings is 1. The molecule has 10 heteroatoms. The van der Waals surface area contributed by atoms with E-state index in [-0.39, 0.29) is 24.1 Å². The Morgan fingerprint density at radius 2 is 1.65 bits per heavy atom. The van der Waals surface area contributed by atoms with Gasteiger partial charge in [-0.15, -0.1) is 10.2 Å². The molecule has 43 heavy (non-hydrogen) atoms. The van der Waals surface area contributed by atoms with Crippen molar-refractivity contribution in [3.8, 4) is 22.8 Å². The zero-order chi connectivity index (χ0) is 30.3. The molecule has 3 aromatic carbocycles. The molecule has 1 fully saturated rings. The molecule has 0 N–H and O–H groups in total. The molecule has 1 saturated heterocycles. The molecular formula is C33H34FN5O4. The van der Waals surface area contributed by atoms with Gasteiger partial charge in [0.25, 0.3) is 5.91 Å². The monoisotopic (exact) mass is 583 g/mol. The molecule has 0 saturated carbocycles. The fraction of sp³-hybridized carbons (Fsp3) is 0.273. The Balaban J connectivity index is 1.25. The first-order valence-corrected chi connectivity index (χ1v) is 14.1. The van der Waals surface area contributed by atoms with Crippen LogP contribution in [0.25, 0.3) is 11.3 Å². The molecular weight excluding hydrogens is 549 g/mol. The predicted molar refractivity (Wildman–Crippen MR) is 162 cm³/mol. The number of carbonyl (C=O) groups is 2. The summed E-state index contributed by atoms with van der Waals surface area (Å²) in [6.07, 6.45) is 0. The number of benzene rings is 3. The van der Waals surface area contributed by atoms with Gasteiger partial charge in [0.2, 0.25) is 5.91 Å². The summed E-state index contributed by atoms with van der Waals surface area (Å²) < 4.78 is 24.7. The van der Waals surface area contributed by atoms with Crippen LogP contribution in [0.1, 0.15) is 28.9 Å². The van der Waals surface area contributed by atoms with E-state index in [1.165, 1.54) is 23.1 Å². The van der Waals surface area contributed by atoms with Crippen molar-refractivity contribution in [1.29, 1.82) is 0 Å². The molecule has 4 aromatic rings. The zero-order valence-corrected chi connectivity index (χ0v) is 24.4. The largest absolute Gasteiger partial charge is 0.497 e. The van der Waals surface area contributed by atoms with E-state index in [9.17, 15) is 14.0 Å². The number of nitrogens with zero attached hydrogens (tertiary/aromatic N) is 5. The van der Waals surface area contributed by atoms with Crippen molar-refractivity contribution in [1.82, 2.24) is 20.0 Å². The van der Waals surface area contributed by atoms with Crippen molar-refractivity contribution in [3.63, 3.8) is 0 Å². The molecule has 1 aliphatic rings. The van der Waals surface area contributed by atoms with Crippen molar-refractivity contribution in [2.45, 2.75) is 13.0 Å². The summed E-state index contributed by atoms with van der Waals surface area (Å²) in [6.45, 7) is 3.83. The lowest BCUT2D eigenvalue weighted by Gasteiger charge is -2.37. The van der Waals surface area contributed by atoms with Crippen LogP contribution < -0.4 is 14.4 Å². The quantitative estimate of drug-likeness (QED) is 0.278. The molecule has 0 unspecified atom stereocenters. The molecule has 2 amide bonds. The Morgan fingerprint density at radius 3 is 2.30 bits per heavy atom. The number of hydrogen-bond acceptors (Lipinski definition) is 7. The van der Waals surface area contributed by atoms with Crippen LogP contribution in [-0.2, 0) is 4.79 Å². The molecule has 222 valence electrons. The first-order valence-electron chi connectivity index (χ1n) is 14.1. The first kappa shape index (κ1) is 29.5. The molecule has 2 heterocycles. The highest BCUT2D eigenvalue weighted by atomic mass is 19.1. The second kappa shape index (κ2) is 13.3. The number of carbonyl (C=O) groups excluding carboxylic acids is 2. The summed E-state index contributed by atoms with van der Waals surface area (Å²) in [5.41, 5.74) is 2.57. The van der Waals surface area contributed by atoms with E-state index < -0.39 is 11.7 Å². The minimum Gasteiger partial charge on any atom is -0.497 e. The van der Waals surface area contributed by atoms with Gasteiger partial charge in [-0.2, -0.15) is 0 Å². The Labute approximate surface area is 250 Å². The first-order chi connectivity index (χ1) is 20.9. The van der Waals surface area contributed by atoms with Crippen molar-refractivity contribution in [2.75, 3.05) is 51.8 Å². The Bertz CT molecular complexity index is 1560. The topological polar surface area (TPSA) is 88.1 Å². The van der Waals surface area contributed by atoms with Crippen molar-refractivity contribution < 1.29 is 23.5 Å². The Hall–Kier alpha value is -4.99. The third-order valence-electron chi connectivity index (χ3n) is 7.68. The van der Waals surface area contributed by atoms with Crippen LogP contribution >= 0.6 is 0 Å². The van der Waals surface area contributed by atoms with Gasteiger partial charge >= 0.3 is 0 Å². The maximum Gasteiger partial charge on any atom is 0.254 e. The molecule has 1 atom stereocenters. The molecule has 0 aliphatic carbocycles. The number of aromatic nitrogens is 2. The van der Waals surface area contributed by atoms with Crippen LogP contribution in [0.5, 0.6) is 11.5 Å². The average molecular weight is 584 g/mol. The van der Waals surface area contributed by atoms with E-state index >= 15 is 0 Å². The van der Waals surface area contributed by atoms with Gasteiger partial charge < -0.3 is 24.2 Å². The molecule has 0 radical (unpaired) electrons. The smallest absolute Gasteiger partial charge is 0.254 e. The lowest BCUT2D eigenvalue weighted by Crippen LogP contribution is -2.52. The number of anilines is 1. The third kappa shape index (κ3) is 6.74. The molecule has 1 aliphatic heterocycles. The van der Waals surface area contributed by atoms with Gasteiger partial charge in [0.1, 0.15) is 23.9 Å². The predicted octanol–water partition coefficient (Wildman–Crippen LogP) is 4.85. The molecule has 0 spiro atoms. The molecule has 0 bridgehead atoms. The lowest BCUT2D eigenvalue weighted by atomic mass is 10.1. The maximum absolute atomic E-state index is 13.9. The number of ether oxygens (including phenoxy) is 2. The van der Waals surface area contributed by atoms with Crippen LogP contribution in [0.3, 0.4) is 0 Å². The fourth-order valence-electron chi connectivity index (χ4n) is 5.16. The van der Waals surface area contributed by atoms with Gasteiger partial charge in [-0.05, 0) is 55.0 Å². The molecule has 1 aromatic heterocycles. The van der Waals surface area contributed by atoms with Crippen LogP contribution in [0, 0.1) is 5.82 Å². The Kier molecular flexibility index (Phi) is 9.14. The second-order valence-corrected chi connectivity index (χ2v) is 10.2. The summed E-state index contributed by atoms with van der Waals surface area (Å²) in [4.78, 5) is 32.4. The summed E-state index contributed by atoms with van der Waals surface area (Å²) >= 11 is 0. The van der Waals surface area contributed by atoms with E-state index in [1.54, 1.807) is 31.3 Å². The molecule has 9 nitrogen and oxygen atoms in total. The zero-order valence-electron chi connectivity index (χ0n) is 24.4. The minimum absolute atomic E-state index is 0.121. The Morgan fingerprint density at radius 1 is 0.884 bits per heavy atom. The lowest BCUT2D eigenvalue weighted by molar-refractivity contribution is -0.132. The van der Waals surface area contributed by atoms with Crippen LogP contribution in [0.2, 0.25) is 0 Å². The second-order valence-electron chi connectivity index (χ2n) is 10.2. The summed E-state index contributed by atoms with van der Waals surface area (Å²) in [5.74, 6) is 0.976. The third-order valence-corrected chi connectivity index (χ3v) is 7.68. The summed E-state index contributed by atoms with van der Waals surface area (Å²) in [5, 5.41) is 8.86. The van der Waals surface area contributed by atoms with Crippen molar-refractivity contribution in [3.05, 3.63) is 102 Å². The number of hydrogen-bond donors (Lipinski definition) is 0. The van der Waals surface area contributed by atoms with Gasteiger partial charge in [-0.25, -0.2) is 4.39 Å². The van der Waals surface area contributed by atoms with E-state index in [2.05, 4.69) is 15.1 Å². The highest BCUT2D eigenvalue weighted by Crippen LogP contribution is 2.32. The van der Waals surface area contributed by atoms with Crippen molar-refractivity contribution >= 4 is 17.6 Å². The van der Waals surface area contributed by atoms with Gasteiger partial charge in [0.05, 0.1) is 26.0 Å². The highest BCUT2D eigenvalue weighted by Gasteiger charge is 2.29. The van der Waals surface area contributed by atoms with E-state index in [0.29, 0.717) is 49.2 Å². The van der Waals surface area contributed by atoms with Gasteiger partial charge in [-0.3, -0.25) is 9.59 Å². The fourth-order valence-corrected chi connectivity index (χ4v) is 5.16. The minimum atomic E-state index is -0.500. The van der Waals surface area contributed by atoms with Crippen LogP contribution in [-0.4, -0.2) is 78.8 Å². The highest BCUT2D eigenvalue weighted by molar-refractivity contribution is 5.96. The van der Waals surface area contributed by atoms with E-state index in [0.717, 1.165) is 11.1 Å². The average Bonchev–Trinajstić information content (AvgIpc) is 3.06. The van der Waals surface area contributed by atoms with Crippen LogP contribution in [0.4, 0.5) is 10.2 Å². The molecule has 5 rings (SSSR count). The number of rotatable bonds is 9. The van der Waals surface area contributed by atoms with Crippen molar-refractivity contribution in [2.24, 2.45) is 0 Å². The summed E-state index contributed by atoms with van der Waals surface area (Å²) in [7, 11) is 3.20. The normalized spacial score (nSPS) is 13.8. The SMILES string of the molecule is COc1ccc(-c2ccc(N3CCN(C(=O)CN(C(=O)c4cccc(F)c4)[C@@H](C)c4ccccc4)CC3)nn2)c(OC)c1. The van der Waals surface area contributed by atoms with Gasteiger partial charge in [0.15, 0.2) is 5.82 Å². The number of halogens is 1. The number of methoxy groups -OCH3 is 2. The maximum atomic E-state index is 13.9. The standard InChI is InChI=1S/C33H34FN5O4/c1-23(24-8-5-4-6-9-24)39(33(41)25-10-7-11-26(34)20-25)22-32(40)38-18-16-37(17-19-38)31-15-14-29(35-36-31)28-13-12-27(42-2)21-30(28)43-3/h4-15,20-21,23H,16-19,22H2,1-3H3/t23-/m0/s1. The van der Waals surface area contributed by atoms with Gasteiger partial charge in [-0.1, -0.05) is 36.4 Å². The van der Waals surface area contributed by atoms with Crippen LogP contribution in [0.15, 0.2) is 84.9 Å². The summed E-state index contributed by atoms with van der Waals surface area (Å²) in [6, 6.07) is 24.0. The number of amides is 2. The van der Waals surface area contributed by atoms with E-state index in [4.69, 9.17) is 9.47 Å².